The second-order valence-electron chi connectivity index (χ2n) is 4.28. The maximum atomic E-state index is 13.1. The van der Waals surface area contributed by atoms with Gasteiger partial charge in [-0.15, -0.1) is 0 Å². The molecule has 0 unspecified atom stereocenters. The maximum absolute atomic E-state index is 13.1. The van der Waals surface area contributed by atoms with Crippen molar-refractivity contribution in [3.63, 3.8) is 0 Å². The van der Waals surface area contributed by atoms with Crippen LogP contribution in [0.25, 0.3) is 0 Å². The molecule has 0 spiro atoms. The highest BCUT2D eigenvalue weighted by Crippen LogP contribution is 2.26. The SMILES string of the molecule is C[C@@H](O)c1cc(F)ccc1OCCc1ccccn1. The molecule has 3 nitrogen and oxygen atoms in total. The first-order valence-corrected chi connectivity index (χ1v) is 6.17. The molecule has 2 aromatic rings. The van der Waals surface area contributed by atoms with Crippen LogP contribution in [0.5, 0.6) is 5.75 Å². The van der Waals surface area contributed by atoms with Crippen LogP contribution in [0, 0.1) is 5.82 Å². The molecule has 1 aromatic heterocycles. The molecule has 0 fully saturated rings. The number of rotatable bonds is 5. The highest BCUT2D eigenvalue weighted by atomic mass is 19.1. The zero-order valence-corrected chi connectivity index (χ0v) is 10.7. The van der Waals surface area contributed by atoms with Gasteiger partial charge in [-0.25, -0.2) is 4.39 Å². The van der Waals surface area contributed by atoms with Gasteiger partial charge in [0.25, 0.3) is 0 Å². The summed E-state index contributed by atoms with van der Waals surface area (Å²) in [4.78, 5) is 4.19. The standard InChI is InChI=1S/C15H16FNO2/c1-11(18)14-10-12(16)5-6-15(14)19-9-7-13-4-2-3-8-17-13/h2-6,8,10-11,18H,7,9H2,1H3/t11-/m1/s1. The third-order valence-corrected chi connectivity index (χ3v) is 2.76. The number of nitrogens with zero attached hydrogens (tertiary/aromatic N) is 1. The van der Waals surface area contributed by atoms with Gasteiger partial charge in [0.2, 0.25) is 0 Å². The van der Waals surface area contributed by atoms with E-state index >= 15 is 0 Å². The van der Waals surface area contributed by atoms with Crippen molar-refractivity contribution in [3.05, 3.63) is 59.7 Å². The first-order chi connectivity index (χ1) is 9.16. The molecule has 0 amide bonds. The van der Waals surface area contributed by atoms with E-state index in [4.69, 9.17) is 4.74 Å². The molecule has 4 heteroatoms. The Bertz CT molecular complexity index is 529. The van der Waals surface area contributed by atoms with Gasteiger partial charge in [-0.05, 0) is 37.3 Å². The van der Waals surface area contributed by atoms with Crippen molar-refractivity contribution in [3.8, 4) is 5.75 Å². The van der Waals surface area contributed by atoms with Gasteiger partial charge in [-0.1, -0.05) is 6.07 Å². The molecule has 1 N–H and O–H groups in total. The largest absolute Gasteiger partial charge is 0.493 e. The summed E-state index contributed by atoms with van der Waals surface area (Å²) in [5.41, 5.74) is 1.39. The molecule has 0 aliphatic rings. The predicted octanol–water partition coefficient (Wildman–Crippen LogP) is 2.90. The van der Waals surface area contributed by atoms with Crippen LogP contribution in [0.1, 0.15) is 24.3 Å². The molecule has 1 heterocycles. The Labute approximate surface area is 111 Å². The van der Waals surface area contributed by atoms with Crippen molar-refractivity contribution in [2.45, 2.75) is 19.4 Å². The first-order valence-electron chi connectivity index (χ1n) is 6.17. The number of hydrogen-bond donors (Lipinski definition) is 1. The lowest BCUT2D eigenvalue weighted by molar-refractivity contribution is 0.190. The number of aliphatic hydroxyl groups excluding tert-OH is 1. The summed E-state index contributed by atoms with van der Waals surface area (Å²) in [5, 5.41) is 9.59. The highest BCUT2D eigenvalue weighted by molar-refractivity contribution is 5.35. The number of aliphatic hydroxyl groups is 1. The van der Waals surface area contributed by atoms with Crippen LogP contribution in [0.3, 0.4) is 0 Å². The number of hydrogen-bond acceptors (Lipinski definition) is 3. The third-order valence-electron chi connectivity index (χ3n) is 2.76. The molecule has 0 saturated heterocycles. The van der Waals surface area contributed by atoms with Gasteiger partial charge in [0, 0.05) is 23.9 Å². The third kappa shape index (κ3) is 3.76. The van der Waals surface area contributed by atoms with Gasteiger partial charge in [0.05, 0.1) is 12.7 Å². The fourth-order valence-electron chi connectivity index (χ4n) is 1.79. The summed E-state index contributed by atoms with van der Waals surface area (Å²) in [7, 11) is 0. The van der Waals surface area contributed by atoms with Crippen molar-refractivity contribution >= 4 is 0 Å². The van der Waals surface area contributed by atoms with Gasteiger partial charge in [-0.3, -0.25) is 4.98 Å². The number of pyridine rings is 1. The minimum Gasteiger partial charge on any atom is -0.493 e. The molecule has 1 atom stereocenters. The first kappa shape index (κ1) is 13.5. The quantitative estimate of drug-likeness (QED) is 0.899. The molecule has 1 aromatic carbocycles. The van der Waals surface area contributed by atoms with Gasteiger partial charge in [0.15, 0.2) is 0 Å². The second-order valence-corrected chi connectivity index (χ2v) is 4.28. The minimum absolute atomic E-state index is 0.382. The van der Waals surface area contributed by atoms with Crippen molar-refractivity contribution < 1.29 is 14.2 Å². The molecule has 0 bridgehead atoms. The van der Waals surface area contributed by atoms with Crippen molar-refractivity contribution in [2.24, 2.45) is 0 Å². The van der Waals surface area contributed by atoms with Crippen molar-refractivity contribution in [1.82, 2.24) is 4.98 Å². The van der Waals surface area contributed by atoms with E-state index in [-0.39, 0.29) is 5.82 Å². The normalized spacial score (nSPS) is 12.2. The molecule has 0 aliphatic heterocycles. The summed E-state index contributed by atoms with van der Waals surface area (Å²) in [6, 6.07) is 9.85. The smallest absolute Gasteiger partial charge is 0.125 e. The van der Waals surface area contributed by atoms with E-state index in [0.29, 0.717) is 24.3 Å². The lowest BCUT2D eigenvalue weighted by Gasteiger charge is -2.13. The van der Waals surface area contributed by atoms with E-state index in [1.165, 1.54) is 18.2 Å². The van der Waals surface area contributed by atoms with E-state index in [2.05, 4.69) is 4.98 Å². The Balaban J connectivity index is 2.00. The molecule has 0 aliphatic carbocycles. The van der Waals surface area contributed by atoms with Crippen LogP contribution in [-0.4, -0.2) is 16.7 Å². The molecular formula is C15H16FNO2. The summed E-state index contributed by atoms with van der Waals surface area (Å²) in [6.45, 7) is 2.02. The molecule has 0 radical (unpaired) electrons. The highest BCUT2D eigenvalue weighted by Gasteiger charge is 2.10. The summed E-state index contributed by atoms with van der Waals surface area (Å²) < 4.78 is 18.7. The molecule has 19 heavy (non-hydrogen) atoms. The average Bonchev–Trinajstić information content (AvgIpc) is 2.41. The van der Waals surface area contributed by atoms with Gasteiger partial charge in [0.1, 0.15) is 11.6 Å². The van der Waals surface area contributed by atoms with Crippen LogP contribution in [0.2, 0.25) is 0 Å². The van der Waals surface area contributed by atoms with Gasteiger partial charge >= 0.3 is 0 Å². The van der Waals surface area contributed by atoms with E-state index < -0.39 is 6.10 Å². The lowest BCUT2D eigenvalue weighted by Crippen LogP contribution is -2.06. The fraction of sp³-hybridized carbons (Fsp3) is 0.267. The fourth-order valence-corrected chi connectivity index (χ4v) is 1.79. The van der Waals surface area contributed by atoms with Crippen LogP contribution in [-0.2, 0) is 6.42 Å². The van der Waals surface area contributed by atoms with Gasteiger partial charge in [-0.2, -0.15) is 0 Å². The van der Waals surface area contributed by atoms with Crippen molar-refractivity contribution in [2.75, 3.05) is 6.61 Å². The van der Waals surface area contributed by atoms with Crippen LogP contribution < -0.4 is 4.74 Å². The Kier molecular flexibility index (Phi) is 4.47. The summed E-state index contributed by atoms with van der Waals surface area (Å²) in [5.74, 6) is 0.125. The predicted molar refractivity (Wildman–Crippen MR) is 70.5 cm³/mol. The van der Waals surface area contributed by atoms with Crippen molar-refractivity contribution in [1.29, 1.82) is 0 Å². The second kappa shape index (κ2) is 6.29. The number of halogens is 1. The van der Waals surface area contributed by atoms with Crippen LogP contribution in [0.4, 0.5) is 4.39 Å². The number of ether oxygens (including phenoxy) is 1. The van der Waals surface area contributed by atoms with Crippen LogP contribution in [0.15, 0.2) is 42.6 Å². The molecule has 0 saturated carbocycles. The topological polar surface area (TPSA) is 42.4 Å². The lowest BCUT2D eigenvalue weighted by atomic mass is 10.1. The molecular weight excluding hydrogens is 245 g/mol. The Hall–Kier alpha value is -1.94. The van der Waals surface area contributed by atoms with Gasteiger partial charge < -0.3 is 9.84 Å². The number of benzene rings is 1. The van der Waals surface area contributed by atoms with E-state index in [1.807, 2.05) is 18.2 Å². The van der Waals surface area contributed by atoms with E-state index in [1.54, 1.807) is 13.1 Å². The minimum atomic E-state index is -0.763. The Morgan fingerprint density at radius 1 is 1.32 bits per heavy atom. The zero-order valence-electron chi connectivity index (χ0n) is 10.7. The Morgan fingerprint density at radius 2 is 2.16 bits per heavy atom. The average molecular weight is 261 g/mol. The summed E-state index contributed by atoms with van der Waals surface area (Å²) >= 11 is 0. The molecule has 2 rings (SSSR count). The number of aromatic nitrogens is 1. The van der Waals surface area contributed by atoms with E-state index in [0.717, 1.165) is 5.69 Å². The van der Waals surface area contributed by atoms with E-state index in [9.17, 15) is 9.50 Å². The molecule has 100 valence electrons. The maximum Gasteiger partial charge on any atom is 0.125 e. The summed E-state index contributed by atoms with van der Waals surface area (Å²) in [6.07, 6.45) is 1.63. The van der Waals surface area contributed by atoms with Crippen LogP contribution >= 0.6 is 0 Å². The Morgan fingerprint density at radius 3 is 2.84 bits per heavy atom. The monoisotopic (exact) mass is 261 g/mol. The zero-order chi connectivity index (χ0) is 13.7.